The van der Waals surface area contributed by atoms with Crippen LogP contribution < -0.4 is 5.73 Å². The number of amidine groups is 1. The van der Waals surface area contributed by atoms with E-state index >= 15 is 0 Å². The maximum absolute atomic E-state index is 8.74. The number of nitrogens with zero attached hydrogens (tertiary/aromatic N) is 5. The number of hydrogen-bond acceptors (Lipinski definition) is 6. The first kappa shape index (κ1) is 12.5. The molecular formula is C12H12N6OS. The molecule has 2 heterocycles. The Kier molecular flexibility index (Phi) is 3.07. The molecule has 0 saturated heterocycles. The number of para-hydroxylation sites is 2. The van der Waals surface area contributed by atoms with Gasteiger partial charge in [0.2, 0.25) is 5.13 Å². The summed E-state index contributed by atoms with van der Waals surface area (Å²) >= 11 is 1.29. The van der Waals surface area contributed by atoms with Gasteiger partial charge in [-0.3, -0.25) is 4.57 Å². The van der Waals surface area contributed by atoms with Crippen molar-refractivity contribution in [1.82, 2.24) is 18.9 Å². The predicted octanol–water partition coefficient (Wildman–Crippen LogP) is 1.47. The van der Waals surface area contributed by atoms with E-state index in [0.717, 1.165) is 16.2 Å². The Bertz CT molecular complexity index is 790. The van der Waals surface area contributed by atoms with Crippen LogP contribution in [-0.2, 0) is 6.42 Å². The molecular weight excluding hydrogens is 276 g/mol. The molecule has 0 fully saturated rings. The van der Waals surface area contributed by atoms with Crippen LogP contribution in [0.3, 0.4) is 0 Å². The van der Waals surface area contributed by atoms with E-state index in [2.05, 4.69) is 19.5 Å². The largest absolute Gasteiger partial charge is 0.409 e. The van der Waals surface area contributed by atoms with Gasteiger partial charge in [0, 0.05) is 11.5 Å². The third-order valence-electron chi connectivity index (χ3n) is 2.81. The molecule has 2 aromatic heterocycles. The van der Waals surface area contributed by atoms with Crippen molar-refractivity contribution in [2.45, 2.75) is 13.3 Å². The number of aromatic nitrogens is 4. The third kappa shape index (κ3) is 2.10. The van der Waals surface area contributed by atoms with Crippen molar-refractivity contribution in [2.75, 3.05) is 0 Å². The van der Waals surface area contributed by atoms with Gasteiger partial charge in [-0.2, -0.15) is 4.37 Å². The predicted molar refractivity (Wildman–Crippen MR) is 76.4 cm³/mol. The van der Waals surface area contributed by atoms with Crippen LogP contribution in [0.1, 0.15) is 11.6 Å². The van der Waals surface area contributed by atoms with Gasteiger partial charge >= 0.3 is 0 Å². The molecule has 7 nitrogen and oxygen atoms in total. The first-order chi connectivity index (χ1) is 9.69. The van der Waals surface area contributed by atoms with Gasteiger partial charge in [-0.15, -0.1) is 0 Å². The summed E-state index contributed by atoms with van der Waals surface area (Å²) in [6.45, 7) is 1.84. The number of fused-ring (bicyclic) bond motifs is 1. The fourth-order valence-electron chi connectivity index (χ4n) is 1.98. The zero-order valence-corrected chi connectivity index (χ0v) is 11.5. The molecule has 3 rings (SSSR count). The lowest BCUT2D eigenvalue weighted by molar-refractivity contribution is 0.317. The maximum Gasteiger partial charge on any atom is 0.215 e. The van der Waals surface area contributed by atoms with Gasteiger partial charge in [0.1, 0.15) is 17.5 Å². The molecule has 0 unspecified atom stereocenters. The number of aryl methyl sites for hydroxylation is 1. The van der Waals surface area contributed by atoms with Gasteiger partial charge in [-0.05, 0) is 19.1 Å². The van der Waals surface area contributed by atoms with Gasteiger partial charge < -0.3 is 10.9 Å². The first-order valence-electron chi connectivity index (χ1n) is 5.92. The monoisotopic (exact) mass is 288 g/mol. The fraction of sp³-hybridized carbons (Fsp3) is 0.167. The van der Waals surface area contributed by atoms with Gasteiger partial charge in [-0.1, -0.05) is 17.3 Å². The molecule has 1 aromatic carbocycles. The lowest BCUT2D eigenvalue weighted by Gasteiger charge is -2.03. The van der Waals surface area contributed by atoms with Crippen molar-refractivity contribution >= 4 is 28.4 Å². The number of oxime groups is 1. The van der Waals surface area contributed by atoms with Crippen molar-refractivity contribution in [3.05, 3.63) is 35.9 Å². The molecule has 0 radical (unpaired) electrons. The van der Waals surface area contributed by atoms with E-state index in [1.54, 1.807) is 0 Å². The lowest BCUT2D eigenvalue weighted by Crippen LogP contribution is -2.17. The van der Waals surface area contributed by atoms with E-state index in [4.69, 9.17) is 10.9 Å². The van der Waals surface area contributed by atoms with Crippen molar-refractivity contribution in [2.24, 2.45) is 10.9 Å². The van der Waals surface area contributed by atoms with Crippen molar-refractivity contribution in [1.29, 1.82) is 0 Å². The highest BCUT2D eigenvalue weighted by Crippen LogP contribution is 2.22. The van der Waals surface area contributed by atoms with Gasteiger partial charge in [0.25, 0.3) is 0 Å². The SMILES string of the molecule is Cc1nsc(-n2c(CC(N)=NO)nc3ccccc32)n1. The van der Waals surface area contributed by atoms with E-state index in [9.17, 15) is 0 Å². The smallest absolute Gasteiger partial charge is 0.215 e. The number of benzene rings is 1. The van der Waals surface area contributed by atoms with Crippen molar-refractivity contribution in [3.8, 4) is 5.13 Å². The minimum absolute atomic E-state index is 0.0998. The summed E-state index contributed by atoms with van der Waals surface area (Å²) < 4.78 is 6.08. The molecule has 8 heteroatoms. The lowest BCUT2D eigenvalue weighted by atomic mass is 10.3. The maximum atomic E-state index is 8.74. The van der Waals surface area contributed by atoms with Gasteiger partial charge in [-0.25, -0.2) is 9.97 Å². The molecule has 0 bridgehead atoms. The number of imidazole rings is 1. The van der Waals surface area contributed by atoms with Crippen LogP contribution in [0.15, 0.2) is 29.4 Å². The van der Waals surface area contributed by atoms with E-state index in [1.807, 2.05) is 35.8 Å². The summed E-state index contributed by atoms with van der Waals surface area (Å²) in [5.74, 6) is 1.47. The minimum Gasteiger partial charge on any atom is -0.409 e. The standard InChI is InChI=1S/C12H12N6OS/c1-7-14-12(20-17-7)18-9-5-3-2-4-8(9)15-11(18)6-10(13)16-19/h2-5,19H,6H2,1H3,(H2,13,16). The fourth-order valence-corrected chi connectivity index (χ4v) is 2.70. The second kappa shape index (κ2) is 4.89. The Hall–Kier alpha value is -2.48. The Morgan fingerprint density at radius 2 is 2.20 bits per heavy atom. The second-order valence-electron chi connectivity index (χ2n) is 4.24. The van der Waals surface area contributed by atoms with Gasteiger partial charge in [0.15, 0.2) is 0 Å². The summed E-state index contributed by atoms with van der Waals surface area (Å²) in [7, 11) is 0. The van der Waals surface area contributed by atoms with E-state index < -0.39 is 0 Å². The molecule has 0 aliphatic rings. The average molecular weight is 288 g/mol. The summed E-state index contributed by atoms with van der Waals surface area (Å²) in [5, 5.41) is 12.5. The van der Waals surface area contributed by atoms with Crippen LogP contribution >= 0.6 is 11.5 Å². The first-order valence-corrected chi connectivity index (χ1v) is 6.70. The number of rotatable bonds is 3. The number of hydrogen-bond donors (Lipinski definition) is 2. The van der Waals surface area contributed by atoms with E-state index in [-0.39, 0.29) is 12.3 Å². The highest BCUT2D eigenvalue weighted by Gasteiger charge is 2.16. The summed E-state index contributed by atoms with van der Waals surface area (Å²) in [6.07, 6.45) is 0.240. The summed E-state index contributed by atoms with van der Waals surface area (Å²) in [6, 6.07) is 7.71. The van der Waals surface area contributed by atoms with Crippen molar-refractivity contribution < 1.29 is 5.21 Å². The van der Waals surface area contributed by atoms with Crippen LogP contribution in [0.25, 0.3) is 16.2 Å². The Labute approximate surface area is 118 Å². The minimum atomic E-state index is 0.0998. The summed E-state index contributed by atoms with van der Waals surface area (Å²) in [5.41, 5.74) is 7.35. The highest BCUT2D eigenvalue weighted by molar-refractivity contribution is 7.08. The van der Waals surface area contributed by atoms with E-state index in [0.29, 0.717) is 11.6 Å². The summed E-state index contributed by atoms with van der Waals surface area (Å²) in [4.78, 5) is 8.90. The topological polar surface area (TPSA) is 102 Å². The number of nitrogens with two attached hydrogens (primary N) is 1. The highest BCUT2D eigenvalue weighted by atomic mass is 32.1. The molecule has 20 heavy (non-hydrogen) atoms. The van der Waals surface area contributed by atoms with Crippen LogP contribution in [-0.4, -0.2) is 30.0 Å². The van der Waals surface area contributed by atoms with Crippen LogP contribution in [0.5, 0.6) is 0 Å². The molecule has 0 aliphatic carbocycles. The second-order valence-corrected chi connectivity index (χ2v) is 4.97. The Balaban J connectivity index is 2.23. The van der Waals surface area contributed by atoms with Crippen LogP contribution in [0, 0.1) is 6.92 Å². The quantitative estimate of drug-likeness (QED) is 0.329. The zero-order valence-electron chi connectivity index (χ0n) is 10.7. The Morgan fingerprint density at radius 3 is 2.90 bits per heavy atom. The van der Waals surface area contributed by atoms with Gasteiger partial charge in [0.05, 0.1) is 17.5 Å². The molecule has 102 valence electrons. The van der Waals surface area contributed by atoms with Crippen LogP contribution in [0.4, 0.5) is 0 Å². The molecule has 3 aromatic rings. The average Bonchev–Trinajstić information content (AvgIpc) is 3.01. The molecule has 0 amide bonds. The van der Waals surface area contributed by atoms with Crippen molar-refractivity contribution in [3.63, 3.8) is 0 Å². The Morgan fingerprint density at radius 1 is 1.40 bits per heavy atom. The molecule has 0 spiro atoms. The van der Waals surface area contributed by atoms with Crippen LogP contribution in [0.2, 0.25) is 0 Å². The molecule has 0 aliphatic heterocycles. The normalized spacial score (nSPS) is 12.2. The zero-order chi connectivity index (χ0) is 14.1. The third-order valence-corrected chi connectivity index (χ3v) is 3.60. The van der Waals surface area contributed by atoms with E-state index in [1.165, 1.54) is 11.5 Å². The molecule has 0 atom stereocenters. The molecule has 3 N–H and O–H groups in total. The molecule has 0 saturated carbocycles.